The Morgan fingerprint density at radius 2 is 2.06 bits per heavy atom. The van der Waals surface area contributed by atoms with Gasteiger partial charge in [-0.2, -0.15) is 5.10 Å². The van der Waals surface area contributed by atoms with Gasteiger partial charge in [-0.15, -0.1) is 0 Å². The molecule has 2 heterocycles. The fourth-order valence-electron chi connectivity index (χ4n) is 2.12. The summed E-state index contributed by atoms with van der Waals surface area (Å²) in [6.45, 7) is 7.01. The van der Waals surface area contributed by atoms with E-state index in [0.29, 0.717) is 0 Å². The topological polar surface area (TPSA) is 55.6 Å². The molecule has 18 heavy (non-hydrogen) atoms. The monoisotopic (exact) mass is 245 g/mol. The first kappa shape index (κ1) is 12.5. The van der Waals surface area contributed by atoms with Crippen LogP contribution in [0.1, 0.15) is 25.1 Å². The fourth-order valence-corrected chi connectivity index (χ4v) is 2.12. The molecule has 0 saturated carbocycles. The van der Waals surface area contributed by atoms with Crippen LogP contribution in [0.2, 0.25) is 0 Å². The third-order valence-electron chi connectivity index (χ3n) is 3.05. The average molecular weight is 245 g/mol. The van der Waals surface area contributed by atoms with Crippen LogP contribution in [0.3, 0.4) is 0 Å². The van der Waals surface area contributed by atoms with Crippen molar-refractivity contribution in [2.45, 2.75) is 33.7 Å². The molecule has 2 rings (SSSR count). The van der Waals surface area contributed by atoms with Crippen LogP contribution in [0.15, 0.2) is 12.3 Å². The van der Waals surface area contributed by atoms with E-state index in [0.717, 1.165) is 36.0 Å². The number of nitrogens with zero attached hydrogens (tertiary/aromatic N) is 4. The maximum atomic E-state index is 4.59. The molecule has 2 aromatic heterocycles. The summed E-state index contributed by atoms with van der Waals surface area (Å²) in [5.41, 5.74) is 3.15. The minimum atomic E-state index is 0.730. The van der Waals surface area contributed by atoms with Crippen molar-refractivity contribution in [3.05, 3.63) is 23.5 Å². The zero-order valence-electron chi connectivity index (χ0n) is 11.4. The van der Waals surface area contributed by atoms with Crippen molar-refractivity contribution in [2.75, 3.05) is 12.4 Å². The van der Waals surface area contributed by atoms with Crippen molar-refractivity contribution in [1.82, 2.24) is 19.7 Å². The van der Waals surface area contributed by atoms with E-state index in [-0.39, 0.29) is 0 Å². The number of hydrogen-bond donors (Lipinski definition) is 1. The van der Waals surface area contributed by atoms with E-state index in [1.165, 1.54) is 5.56 Å². The molecular weight excluding hydrogens is 226 g/mol. The molecule has 5 nitrogen and oxygen atoms in total. The first-order valence-electron chi connectivity index (χ1n) is 6.28. The molecule has 0 spiro atoms. The zero-order chi connectivity index (χ0) is 13.1. The van der Waals surface area contributed by atoms with Gasteiger partial charge in [0.05, 0.1) is 0 Å². The van der Waals surface area contributed by atoms with Crippen molar-refractivity contribution in [3.8, 4) is 11.5 Å². The lowest BCUT2D eigenvalue weighted by Gasteiger charge is -2.12. The van der Waals surface area contributed by atoms with Gasteiger partial charge >= 0.3 is 0 Å². The summed E-state index contributed by atoms with van der Waals surface area (Å²) in [5.74, 6) is 1.64. The van der Waals surface area contributed by atoms with Crippen LogP contribution in [-0.4, -0.2) is 26.8 Å². The molecule has 0 aromatic carbocycles. The summed E-state index contributed by atoms with van der Waals surface area (Å²) < 4.78 is 1.90. The highest BCUT2D eigenvalue weighted by atomic mass is 15.3. The Hall–Kier alpha value is -1.91. The Morgan fingerprint density at radius 3 is 2.67 bits per heavy atom. The maximum Gasteiger partial charge on any atom is 0.180 e. The van der Waals surface area contributed by atoms with Crippen LogP contribution in [0.5, 0.6) is 0 Å². The standard InChI is InChI=1S/C13H19N5/c1-5-10-9(3)16-13(17-12(10)14-4)11-7-8-15-18(11)6-2/h7-8H,5-6H2,1-4H3,(H,14,16,17). The predicted molar refractivity (Wildman–Crippen MR) is 72.6 cm³/mol. The molecule has 96 valence electrons. The average Bonchev–Trinajstić information content (AvgIpc) is 2.85. The van der Waals surface area contributed by atoms with E-state index in [4.69, 9.17) is 0 Å². The Balaban J connectivity index is 2.56. The van der Waals surface area contributed by atoms with Crippen LogP contribution in [0.4, 0.5) is 5.82 Å². The summed E-state index contributed by atoms with van der Waals surface area (Å²) in [7, 11) is 1.89. The Labute approximate surface area is 107 Å². The van der Waals surface area contributed by atoms with E-state index in [1.54, 1.807) is 6.20 Å². The normalized spacial score (nSPS) is 10.7. The molecule has 0 aliphatic heterocycles. The van der Waals surface area contributed by atoms with Gasteiger partial charge in [-0.25, -0.2) is 9.97 Å². The largest absolute Gasteiger partial charge is 0.373 e. The number of anilines is 1. The highest BCUT2D eigenvalue weighted by molar-refractivity contribution is 5.56. The van der Waals surface area contributed by atoms with Gasteiger partial charge in [0.25, 0.3) is 0 Å². The number of aromatic nitrogens is 4. The van der Waals surface area contributed by atoms with Crippen molar-refractivity contribution >= 4 is 5.82 Å². The van der Waals surface area contributed by atoms with Crippen molar-refractivity contribution in [3.63, 3.8) is 0 Å². The smallest absolute Gasteiger partial charge is 0.180 e. The van der Waals surface area contributed by atoms with Crippen LogP contribution < -0.4 is 5.32 Å². The maximum absolute atomic E-state index is 4.59. The van der Waals surface area contributed by atoms with Gasteiger partial charge in [0, 0.05) is 31.0 Å². The second-order valence-electron chi connectivity index (χ2n) is 4.10. The molecular formula is C13H19N5. The first-order valence-corrected chi connectivity index (χ1v) is 6.28. The highest BCUT2D eigenvalue weighted by Crippen LogP contribution is 2.22. The second kappa shape index (κ2) is 5.16. The van der Waals surface area contributed by atoms with Gasteiger partial charge < -0.3 is 5.32 Å². The first-order chi connectivity index (χ1) is 8.71. The lowest BCUT2D eigenvalue weighted by atomic mass is 10.1. The van der Waals surface area contributed by atoms with Gasteiger partial charge in [0.2, 0.25) is 0 Å². The lowest BCUT2D eigenvalue weighted by Crippen LogP contribution is -2.07. The van der Waals surface area contributed by atoms with Crippen molar-refractivity contribution < 1.29 is 0 Å². The zero-order valence-corrected chi connectivity index (χ0v) is 11.4. The van der Waals surface area contributed by atoms with E-state index in [2.05, 4.69) is 34.2 Å². The third kappa shape index (κ3) is 2.08. The molecule has 0 aliphatic rings. The summed E-state index contributed by atoms with van der Waals surface area (Å²) in [6.07, 6.45) is 2.71. The Kier molecular flexibility index (Phi) is 3.60. The lowest BCUT2D eigenvalue weighted by molar-refractivity contribution is 0.663. The van der Waals surface area contributed by atoms with Crippen molar-refractivity contribution in [2.24, 2.45) is 0 Å². The predicted octanol–water partition coefficient (Wildman–Crippen LogP) is 2.27. The highest BCUT2D eigenvalue weighted by Gasteiger charge is 2.13. The third-order valence-corrected chi connectivity index (χ3v) is 3.05. The van der Waals surface area contributed by atoms with Gasteiger partial charge in [0.15, 0.2) is 5.82 Å². The summed E-state index contributed by atoms with van der Waals surface area (Å²) in [6, 6.07) is 1.95. The van der Waals surface area contributed by atoms with E-state index in [1.807, 2.05) is 24.7 Å². The van der Waals surface area contributed by atoms with E-state index < -0.39 is 0 Å². The van der Waals surface area contributed by atoms with E-state index >= 15 is 0 Å². The SMILES string of the molecule is CCc1c(C)nc(-c2ccnn2CC)nc1NC. The molecule has 5 heteroatoms. The summed E-state index contributed by atoms with van der Waals surface area (Å²) in [4.78, 5) is 9.18. The van der Waals surface area contributed by atoms with Crippen LogP contribution >= 0.6 is 0 Å². The molecule has 0 bridgehead atoms. The van der Waals surface area contributed by atoms with Crippen molar-refractivity contribution in [1.29, 1.82) is 0 Å². The molecule has 0 aliphatic carbocycles. The van der Waals surface area contributed by atoms with Gasteiger partial charge in [-0.3, -0.25) is 4.68 Å². The molecule has 2 aromatic rings. The number of nitrogens with one attached hydrogen (secondary N) is 1. The van der Waals surface area contributed by atoms with Crippen LogP contribution in [0.25, 0.3) is 11.5 Å². The Bertz CT molecular complexity index is 544. The number of aryl methyl sites for hydroxylation is 2. The summed E-state index contributed by atoms with van der Waals surface area (Å²) >= 11 is 0. The van der Waals surface area contributed by atoms with Crippen LogP contribution in [0, 0.1) is 6.92 Å². The molecule has 0 unspecified atom stereocenters. The molecule has 0 amide bonds. The van der Waals surface area contributed by atoms with Gasteiger partial charge in [-0.05, 0) is 26.3 Å². The van der Waals surface area contributed by atoms with Gasteiger partial charge in [-0.1, -0.05) is 6.92 Å². The number of rotatable bonds is 4. The number of hydrogen-bond acceptors (Lipinski definition) is 4. The van der Waals surface area contributed by atoms with Gasteiger partial charge in [0.1, 0.15) is 11.5 Å². The molecule has 0 saturated heterocycles. The molecule has 0 atom stereocenters. The molecule has 0 radical (unpaired) electrons. The van der Waals surface area contributed by atoms with E-state index in [9.17, 15) is 0 Å². The second-order valence-corrected chi connectivity index (χ2v) is 4.10. The summed E-state index contributed by atoms with van der Waals surface area (Å²) in [5, 5.41) is 7.40. The molecule has 0 fully saturated rings. The molecule has 1 N–H and O–H groups in total. The minimum Gasteiger partial charge on any atom is -0.373 e. The quantitative estimate of drug-likeness (QED) is 0.897. The fraction of sp³-hybridized carbons (Fsp3) is 0.462. The minimum absolute atomic E-state index is 0.730. The van der Waals surface area contributed by atoms with Crippen LogP contribution in [-0.2, 0) is 13.0 Å². The Morgan fingerprint density at radius 1 is 1.28 bits per heavy atom.